The quantitative estimate of drug-likeness (QED) is 0.321. The molecule has 0 heterocycles. The number of unbranched alkanes of at least 4 members (excludes halogenated alkanes) is 2. The predicted octanol–water partition coefficient (Wildman–Crippen LogP) is 2.80. The van der Waals surface area contributed by atoms with Crippen molar-refractivity contribution in [3.63, 3.8) is 0 Å². The summed E-state index contributed by atoms with van der Waals surface area (Å²) in [6, 6.07) is 0. The Labute approximate surface area is 156 Å². The number of nitrogens with zero attached hydrogens (tertiary/aromatic N) is 1. The second kappa shape index (κ2) is 13.4. The largest absolute Gasteiger partial charge is 0.469 e. The third-order valence-corrected chi connectivity index (χ3v) is 3.25. The Kier molecular flexibility index (Phi) is 12.4. The van der Waals surface area contributed by atoms with Gasteiger partial charge in [-0.25, -0.2) is 9.86 Å². The van der Waals surface area contributed by atoms with Gasteiger partial charge in [-0.15, -0.1) is 0 Å². The number of hydrogen-bond donors (Lipinski definition) is 1. The van der Waals surface area contributed by atoms with Crippen molar-refractivity contribution in [2.24, 2.45) is 0 Å². The maximum absolute atomic E-state index is 12.2. The topological polar surface area (TPSA) is 94.2 Å². The van der Waals surface area contributed by atoms with Crippen molar-refractivity contribution in [1.29, 1.82) is 0 Å². The lowest BCUT2D eigenvalue weighted by Gasteiger charge is -2.22. The van der Waals surface area contributed by atoms with Gasteiger partial charge in [-0.2, -0.15) is 0 Å². The highest BCUT2D eigenvalue weighted by atomic mass is 16.7. The Hall–Kier alpha value is -1.83. The van der Waals surface area contributed by atoms with Crippen LogP contribution in [0.25, 0.3) is 0 Å². The van der Waals surface area contributed by atoms with Crippen molar-refractivity contribution in [2.45, 2.75) is 71.8 Å². The zero-order chi connectivity index (χ0) is 20.0. The molecule has 0 atom stereocenters. The fourth-order valence-corrected chi connectivity index (χ4v) is 1.90. The van der Waals surface area contributed by atoms with Gasteiger partial charge in [0.25, 0.3) is 0 Å². The molecule has 0 rings (SSSR count). The molecule has 0 aromatic carbocycles. The van der Waals surface area contributed by atoms with Crippen molar-refractivity contribution in [3.8, 4) is 0 Å². The smallest absolute Gasteiger partial charge is 0.407 e. The number of hydroxylamine groups is 2. The van der Waals surface area contributed by atoms with Crippen LogP contribution in [0.4, 0.5) is 4.79 Å². The van der Waals surface area contributed by atoms with E-state index in [1.807, 2.05) is 6.92 Å². The highest BCUT2D eigenvalue weighted by Gasteiger charge is 2.17. The number of hydrogen-bond acceptors (Lipinski definition) is 6. The first-order valence-corrected chi connectivity index (χ1v) is 9.16. The molecule has 1 N–H and O–H groups in total. The summed E-state index contributed by atoms with van der Waals surface area (Å²) in [6.45, 7) is 8.76. The van der Waals surface area contributed by atoms with Crippen LogP contribution in [-0.4, -0.2) is 55.4 Å². The van der Waals surface area contributed by atoms with E-state index < -0.39 is 17.7 Å². The van der Waals surface area contributed by atoms with E-state index in [4.69, 9.17) is 9.57 Å². The molecule has 0 bridgehead atoms. The zero-order valence-corrected chi connectivity index (χ0v) is 16.8. The molecule has 8 nitrogen and oxygen atoms in total. The van der Waals surface area contributed by atoms with E-state index in [-0.39, 0.29) is 18.7 Å². The summed E-state index contributed by atoms with van der Waals surface area (Å²) < 4.78 is 9.70. The van der Waals surface area contributed by atoms with Gasteiger partial charge in [0.2, 0.25) is 5.91 Å². The van der Waals surface area contributed by atoms with Gasteiger partial charge in [0, 0.05) is 19.5 Å². The molecule has 0 saturated heterocycles. The fraction of sp³-hybridized carbons (Fsp3) is 0.833. The Morgan fingerprint density at radius 2 is 1.73 bits per heavy atom. The van der Waals surface area contributed by atoms with Crippen LogP contribution in [-0.2, 0) is 23.9 Å². The molecule has 0 aromatic heterocycles. The van der Waals surface area contributed by atoms with E-state index in [0.717, 1.165) is 12.8 Å². The molecule has 0 fully saturated rings. The molecule has 8 heteroatoms. The second-order valence-electron chi connectivity index (χ2n) is 6.89. The lowest BCUT2D eigenvalue weighted by atomic mass is 10.2. The number of carbonyl (C=O) groups excluding carboxylic acids is 3. The van der Waals surface area contributed by atoms with Gasteiger partial charge in [-0.05, 0) is 40.0 Å². The zero-order valence-electron chi connectivity index (χ0n) is 16.8. The molecule has 0 unspecified atom stereocenters. The van der Waals surface area contributed by atoms with E-state index in [2.05, 4.69) is 10.1 Å². The molecule has 0 aliphatic rings. The summed E-state index contributed by atoms with van der Waals surface area (Å²) >= 11 is 0. The fourth-order valence-electron chi connectivity index (χ4n) is 1.90. The summed E-state index contributed by atoms with van der Waals surface area (Å²) in [5.41, 5.74) is -0.528. The molecule has 0 spiro atoms. The number of rotatable bonds is 12. The minimum atomic E-state index is -0.528. The Morgan fingerprint density at radius 1 is 1.04 bits per heavy atom. The van der Waals surface area contributed by atoms with Gasteiger partial charge < -0.3 is 14.8 Å². The third-order valence-electron chi connectivity index (χ3n) is 3.25. The molecule has 0 radical (unpaired) electrons. The molecule has 26 heavy (non-hydrogen) atoms. The summed E-state index contributed by atoms with van der Waals surface area (Å²) in [4.78, 5) is 40.4. The number of esters is 1. The van der Waals surface area contributed by atoms with E-state index in [1.54, 1.807) is 20.8 Å². The van der Waals surface area contributed by atoms with Gasteiger partial charge in [0.05, 0.1) is 20.1 Å². The van der Waals surface area contributed by atoms with E-state index >= 15 is 0 Å². The highest BCUT2D eigenvalue weighted by molar-refractivity contribution is 5.80. The number of ether oxygens (including phenoxy) is 2. The number of methoxy groups -OCH3 is 1. The molecule has 0 aromatic rings. The monoisotopic (exact) mass is 374 g/mol. The maximum Gasteiger partial charge on any atom is 0.407 e. The Bertz CT molecular complexity index is 434. The minimum absolute atomic E-state index is 0.0309. The van der Waals surface area contributed by atoms with Gasteiger partial charge in [0.15, 0.2) is 0 Å². The molecular formula is C18H34N2O6. The standard InChI is InChI=1S/C18H34N2O6/c1-6-7-14-25-20(15(21)10-11-16(22)24-5)13-9-8-12-19-17(23)26-18(2,3)4/h6-14H2,1-5H3,(H,19,23). The average molecular weight is 374 g/mol. The predicted molar refractivity (Wildman–Crippen MR) is 97.3 cm³/mol. The third kappa shape index (κ3) is 13.5. The van der Waals surface area contributed by atoms with Crippen LogP contribution in [0.1, 0.15) is 66.2 Å². The van der Waals surface area contributed by atoms with Crippen molar-refractivity contribution in [2.75, 3.05) is 26.8 Å². The number of amides is 2. The second-order valence-corrected chi connectivity index (χ2v) is 6.89. The molecule has 0 saturated carbocycles. The summed E-state index contributed by atoms with van der Waals surface area (Å²) in [5, 5.41) is 3.99. The summed E-state index contributed by atoms with van der Waals surface area (Å²) in [5.74, 6) is -0.667. The average Bonchev–Trinajstić information content (AvgIpc) is 2.55. The molecule has 152 valence electrons. The first-order valence-electron chi connectivity index (χ1n) is 9.16. The molecule has 0 aliphatic carbocycles. The van der Waals surface area contributed by atoms with E-state index in [1.165, 1.54) is 12.2 Å². The van der Waals surface area contributed by atoms with E-state index in [9.17, 15) is 14.4 Å². The number of nitrogens with one attached hydrogen (secondary N) is 1. The van der Waals surface area contributed by atoms with Crippen LogP contribution < -0.4 is 5.32 Å². The maximum atomic E-state index is 12.2. The summed E-state index contributed by atoms with van der Waals surface area (Å²) in [7, 11) is 1.29. The van der Waals surface area contributed by atoms with Crippen molar-refractivity contribution in [3.05, 3.63) is 0 Å². The van der Waals surface area contributed by atoms with Gasteiger partial charge in [0.1, 0.15) is 5.60 Å². The van der Waals surface area contributed by atoms with Crippen LogP contribution in [0.5, 0.6) is 0 Å². The first-order chi connectivity index (χ1) is 12.2. The Balaban J connectivity index is 4.19. The van der Waals surface area contributed by atoms with Crippen LogP contribution in [0.3, 0.4) is 0 Å². The van der Waals surface area contributed by atoms with Crippen LogP contribution in [0.2, 0.25) is 0 Å². The van der Waals surface area contributed by atoms with Gasteiger partial charge >= 0.3 is 12.1 Å². The van der Waals surface area contributed by atoms with Gasteiger partial charge in [-0.1, -0.05) is 13.3 Å². The number of alkyl carbamates (subject to hydrolysis) is 1. The molecule has 0 aliphatic heterocycles. The first kappa shape index (κ1) is 24.2. The van der Waals surface area contributed by atoms with Crippen molar-refractivity contribution >= 4 is 18.0 Å². The Morgan fingerprint density at radius 3 is 2.31 bits per heavy atom. The summed E-state index contributed by atoms with van der Waals surface area (Å²) in [6.07, 6.45) is 2.77. The molecular weight excluding hydrogens is 340 g/mol. The molecule has 2 amide bonds. The SMILES string of the molecule is CCCCON(CCCCNC(=O)OC(C)(C)C)C(=O)CCC(=O)OC. The lowest BCUT2D eigenvalue weighted by Crippen LogP contribution is -2.34. The van der Waals surface area contributed by atoms with E-state index in [0.29, 0.717) is 32.5 Å². The van der Waals surface area contributed by atoms with Crippen LogP contribution >= 0.6 is 0 Å². The highest BCUT2D eigenvalue weighted by Crippen LogP contribution is 2.07. The van der Waals surface area contributed by atoms with Crippen LogP contribution in [0.15, 0.2) is 0 Å². The van der Waals surface area contributed by atoms with Crippen molar-refractivity contribution in [1.82, 2.24) is 10.4 Å². The lowest BCUT2D eigenvalue weighted by molar-refractivity contribution is -0.188. The van der Waals surface area contributed by atoms with Crippen LogP contribution in [0, 0.1) is 0 Å². The number of carbonyl (C=O) groups is 3. The minimum Gasteiger partial charge on any atom is -0.469 e. The normalized spacial score (nSPS) is 11.0. The van der Waals surface area contributed by atoms with Crippen molar-refractivity contribution < 1.29 is 28.7 Å². The van der Waals surface area contributed by atoms with Gasteiger partial charge in [-0.3, -0.25) is 14.4 Å².